The molecule has 0 aromatic heterocycles. The lowest BCUT2D eigenvalue weighted by molar-refractivity contribution is 0.338. The SMILES string of the molecule is CNC1CCN(c2ccccc2C(C)(C)C)CC1C. The van der Waals surface area contributed by atoms with E-state index in [1.165, 1.54) is 17.7 Å². The van der Waals surface area contributed by atoms with Crippen molar-refractivity contribution in [3.8, 4) is 0 Å². The van der Waals surface area contributed by atoms with Crippen LogP contribution in [-0.4, -0.2) is 26.2 Å². The van der Waals surface area contributed by atoms with Crippen LogP contribution in [0.2, 0.25) is 0 Å². The minimum atomic E-state index is 0.208. The van der Waals surface area contributed by atoms with Crippen LogP contribution in [-0.2, 0) is 5.41 Å². The molecule has 2 atom stereocenters. The molecular weight excluding hydrogens is 232 g/mol. The van der Waals surface area contributed by atoms with Crippen molar-refractivity contribution in [3.63, 3.8) is 0 Å². The number of rotatable bonds is 2. The Hall–Kier alpha value is -1.02. The number of nitrogens with one attached hydrogen (secondary N) is 1. The largest absolute Gasteiger partial charge is 0.371 e. The monoisotopic (exact) mass is 260 g/mol. The molecule has 1 aromatic carbocycles. The molecule has 1 aliphatic heterocycles. The molecule has 0 aliphatic carbocycles. The molecule has 1 fully saturated rings. The molecule has 0 spiro atoms. The number of piperidine rings is 1. The third-order valence-corrected chi connectivity index (χ3v) is 4.33. The van der Waals surface area contributed by atoms with Gasteiger partial charge in [0.2, 0.25) is 0 Å². The number of hydrogen-bond acceptors (Lipinski definition) is 2. The van der Waals surface area contributed by atoms with Crippen LogP contribution in [0.1, 0.15) is 39.7 Å². The summed E-state index contributed by atoms with van der Waals surface area (Å²) in [6, 6.07) is 9.56. The van der Waals surface area contributed by atoms with Crippen molar-refractivity contribution in [2.24, 2.45) is 5.92 Å². The lowest BCUT2D eigenvalue weighted by Crippen LogP contribution is -2.47. The van der Waals surface area contributed by atoms with Gasteiger partial charge in [0.15, 0.2) is 0 Å². The molecule has 0 bridgehead atoms. The number of hydrogen-bond donors (Lipinski definition) is 1. The Bertz CT molecular complexity index is 420. The van der Waals surface area contributed by atoms with Crippen LogP contribution in [0.5, 0.6) is 0 Å². The van der Waals surface area contributed by atoms with E-state index < -0.39 is 0 Å². The van der Waals surface area contributed by atoms with Crippen molar-refractivity contribution in [2.45, 2.75) is 45.6 Å². The summed E-state index contributed by atoms with van der Waals surface area (Å²) < 4.78 is 0. The lowest BCUT2D eigenvalue weighted by Gasteiger charge is -2.40. The van der Waals surface area contributed by atoms with Gasteiger partial charge in [-0.05, 0) is 36.4 Å². The molecule has 0 amide bonds. The highest BCUT2D eigenvalue weighted by atomic mass is 15.2. The molecule has 0 radical (unpaired) electrons. The average molecular weight is 260 g/mol. The Morgan fingerprint density at radius 2 is 1.89 bits per heavy atom. The highest BCUT2D eigenvalue weighted by molar-refractivity contribution is 5.56. The maximum absolute atomic E-state index is 3.44. The third kappa shape index (κ3) is 3.11. The van der Waals surface area contributed by atoms with Crippen LogP contribution in [0.25, 0.3) is 0 Å². The fourth-order valence-corrected chi connectivity index (χ4v) is 3.18. The molecular formula is C17H28N2. The van der Waals surface area contributed by atoms with E-state index >= 15 is 0 Å². The molecule has 1 aliphatic rings. The van der Waals surface area contributed by atoms with Gasteiger partial charge >= 0.3 is 0 Å². The summed E-state index contributed by atoms with van der Waals surface area (Å²) in [6.45, 7) is 11.6. The van der Waals surface area contributed by atoms with E-state index in [9.17, 15) is 0 Å². The van der Waals surface area contributed by atoms with Crippen molar-refractivity contribution in [1.29, 1.82) is 0 Å². The van der Waals surface area contributed by atoms with Gasteiger partial charge < -0.3 is 10.2 Å². The summed E-state index contributed by atoms with van der Waals surface area (Å²) in [7, 11) is 2.08. The number of nitrogens with zero attached hydrogens (tertiary/aromatic N) is 1. The number of para-hydroxylation sites is 1. The van der Waals surface area contributed by atoms with E-state index in [0.717, 1.165) is 13.1 Å². The smallest absolute Gasteiger partial charge is 0.0404 e. The van der Waals surface area contributed by atoms with E-state index in [1.54, 1.807) is 0 Å². The first kappa shape index (κ1) is 14.4. The van der Waals surface area contributed by atoms with Crippen molar-refractivity contribution < 1.29 is 0 Å². The quantitative estimate of drug-likeness (QED) is 0.876. The van der Waals surface area contributed by atoms with Crippen LogP contribution in [0.3, 0.4) is 0 Å². The second-order valence-corrected chi connectivity index (χ2v) is 6.87. The second-order valence-electron chi connectivity index (χ2n) is 6.87. The summed E-state index contributed by atoms with van der Waals surface area (Å²) in [5, 5.41) is 3.44. The molecule has 1 saturated heterocycles. The summed E-state index contributed by atoms with van der Waals surface area (Å²) >= 11 is 0. The van der Waals surface area contributed by atoms with Crippen LogP contribution in [0.15, 0.2) is 24.3 Å². The molecule has 19 heavy (non-hydrogen) atoms. The van der Waals surface area contributed by atoms with Crippen LogP contribution >= 0.6 is 0 Å². The predicted molar refractivity (Wildman–Crippen MR) is 84.0 cm³/mol. The molecule has 2 rings (SSSR count). The molecule has 1 N–H and O–H groups in total. The molecule has 2 nitrogen and oxygen atoms in total. The molecule has 2 unspecified atom stereocenters. The second kappa shape index (κ2) is 5.54. The molecule has 0 saturated carbocycles. The van der Waals surface area contributed by atoms with Gasteiger partial charge in [0.25, 0.3) is 0 Å². The molecule has 106 valence electrons. The minimum Gasteiger partial charge on any atom is -0.371 e. The molecule has 1 aromatic rings. The first-order valence-electron chi connectivity index (χ1n) is 7.45. The van der Waals surface area contributed by atoms with Gasteiger partial charge in [-0.1, -0.05) is 45.9 Å². The zero-order chi connectivity index (χ0) is 14.0. The Morgan fingerprint density at radius 1 is 1.21 bits per heavy atom. The Kier molecular flexibility index (Phi) is 4.19. The Morgan fingerprint density at radius 3 is 2.47 bits per heavy atom. The lowest BCUT2D eigenvalue weighted by atomic mass is 9.84. The van der Waals surface area contributed by atoms with Crippen molar-refractivity contribution in [3.05, 3.63) is 29.8 Å². The van der Waals surface area contributed by atoms with Gasteiger partial charge in [-0.3, -0.25) is 0 Å². The highest BCUT2D eigenvalue weighted by Crippen LogP contribution is 2.33. The Labute approximate surface area is 118 Å². The van der Waals surface area contributed by atoms with Gasteiger partial charge in [0.1, 0.15) is 0 Å². The van der Waals surface area contributed by atoms with Crippen molar-refractivity contribution in [2.75, 3.05) is 25.0 Å². The van der Waals surface area contributed by atoms with Gasteiger partial charge in [-0.25, -0.2) is 0 Å². The van der Waals surface area contributed by atoms with Gasteiger partial charge in [-0.15, -0.1) is 0 Å². The molecule has 1 heterocycles. The summed E-state index contributed by atoms with van der Waals surface area (Å²) in [4.78, 5) is 2.57. The fraction of sp³-hybridized carbons (Fsp3) is 0.647. The average Bonchev–Trinajstić information content (AvgIpc) is 2.37. The van der Waals surface area contributed by atoms with Crippen LogP contribution in [0, 0.1) is 5.92 Å². The summed E-state index contributed by atoms with van der Waals surface area (Å²) in [5.74, 6) is 0.701. The number of benzene rings is 1. The third-order valence-electron chi connectivity index (χ3n) is 4.33. The minimum absolute atomic E-state index is 0.208. The zero-order valence-corrected chi connectivity index (χ0v) is 13.0. The predicted octanol–water partition coefficient (Wildman–Crippen LogP) is 3.42. The summed E-state index contributed by atoms with van der Waals surface area (Å²) in [5.41, 5.74) is 3.10. The topological polar surface area (TPSA) is 15.3 Å². The maximum atomic E-state index is 3.44. The van der Waals surface area contributed by atoms with E-state index in [4.69, 9.17) is 0 Å². The van der Waals surface area contributed by atoms with E-state index in [0.29, 0.717) is 12.0 Å². The normalized spacial score (nSPS) is 24.6. The fourth-order valence-electron chi connectivity index (χ4n) is 3.18. The Balaban J connectivity index is 2.24. The van der Waals surface area contributed by atoms with Gasteiger partial charge in [-0.2, -0.15) is 0 Å². The summed E-state index contributed by atoms with van der Waals surface area (Å²) in [6.07, 6.45) is 1.23. The van der Waals surface area contributed by atoms with Gasteiger partial charge in [0, 0.05) is 24.8 Å². The van der Waals surface area contributed by atoms with Crippen LogP contribution < -0.4 is 10.2 Å². The van der Waals surface area contributed by atoms with Crippen LogP contribution in [0.4, 0.5) is 5.69 Å². The molecule has 2 heteroatoms. The first-order valence-corrected chi connectivity index (χ1v) is 7.45. The van der Waals surface area contributed by atoms with E-state index in [1.807, 2.05) is 0 Å². The van der Waals surface area contributed by atoms with Crippen molar-refractivity contribution in [1.82, 2.24) is 5.32 Å². The standard InChI is InChI=1S/C17H28N2/c1-13-12-19(11-10-15(13)18-5)16-9-7-6-8-14(16)17(2,3)4/h6-9,13,15,18H,10-12H2,1-5H3. The van der Waals surface area contributed by atoms with Gasteiger partial charge in [0.05, 0.1) is 0 Å². The number of anilines is 1. The highest BCUT2D eigenvalue weighted by Gasteiger charge is 2.27. The first-order chi connectivity index (χ1) is 8.93. The van der Waals surface area contributed by atoms with E-state index in [2.05, 4.69) is 69.2 Å². The van der Waals surface area contributed by atoms with E-state index in [-0.39, 0.29) is 5.41 Å². The van der Waals surface area contributed by atoms with Crippen molar-refractivity contribution >= 4 is 5.69 Å². The maximum Gasteiger partial charge on any atom is 0.0404 e. The zero-order valence-electron chi connectivity index (χ0n) is 13.0.